The molecular weight excluding hydrogens is 226 g/mol. The molecule has 0 spiro atoms. The van der Waals surface area contributed by atoms with Crippen LogP contribution in [0.2, 0.25) is 0 Å². The van der Waals surface area contributed by atoms with E-state index in [0.29, 0.717) is 18.0 Å². The molecule has 1 aliphatic rings. The van der Waals surface area contributed by atoms with Crippen LogP contribution in [-0.2, 0) is 6.54 Å². The van der Waals surface area contributed by atoms with Gasteiger partial charge in [0.15, 0.2) is 0 Å². The predicted octanol–water partition coefficient (Wildman–Crippen LogP) is 2.19. The minimum atomic E-state index is 0.539. The molecule has 1 N–H and O–H groups in total. The van der Waals surface area contributed by atoms with Crippen molar-refractivity contribution in [3.8, 4) is 0 Å². The van der Waals surface area contributed by atoms with E-state index in [2.05, 4.69) is 36.0 Å². The second kappa shape index (κ2) is 5.85. The van der Waals surface area contributed by atoms with Crippen molar-refractivity contribution >= 4 is 0 Å². The summed E-state index contributed by atoms with van der Waals surface area (Å²) in [5.74, 6) is 2.45. The zero-order valence-corrected chi connectivity index (χ0v) is 11.9. The summed E-state index contributed by atoms with van der Waals surface area (Å²) < 4.78 is 5.58. The number of nitrogens with zero attached hydrogens (tertiary/aromatic N) is 2. The lowest BCUT2D eigenvalue weighted by molar-refractivity contribution is 0.102. The van der Waals surface area contributed by atoms with Crippen molar-refractivity contribution in [1.82, 2.24) is 15.2 Å². The monoisotopic (exact) mass is 251 g/mol. The standard InChI is InChI=1S/C14H25N3O/c1-5-10(2)13-8-17(11(3)6-15-13)9-14-16-7-12(4)18-14/h7,10-11,13,15H,5-6,8-9H2,1-4H3. The first-order chi connectivity index (χ1) is 8.60. The molecule has 1 aliphatic heterocycles. The first-order valence-electron chi connectivity index (χ1n) is 6.99. The molecule has 1 aromatic heterocycles. The van der Waals surface area contributed by atoms with Gasteiger partial charge in [-0.2, -0.15) is 0 Å². The maximum atomic E-state index is 5.58. The molecule has 3 unspecified atom stereocenters. The minimum absolute atomic E-state index is 0.539. The average Bonchev–Trinajstić information content (AvgIpc) is 2.76. The van der Waals surface area contributed by atoms with Crippen LogP contribution in [0.15, 0.2) is 10.6 Å². The van der Waals surface area contributed by atoms with E-state index in [9.17, 15) is 0 Å². The summed E-state index contributed by atoms with van der Waals surface area (Å²) in [5.41, 5.74) is 0. The Morgan fingerprint density at radius 2 is 2.39 bits per heavy atom. The summed E-state index contributed by atoms with van der Waals surface area (Å²) >= 11 is 0. The minimum Gasteiger partial charge on any atom is -0.445 e. The highest BCUT2D eigenvalue weighted by atomic mass is 16.4. The van der Waals surface area contributed by atoms with E-state index in [1.807, 2.05) is 6.92 Å². The molecule has 0 saturated carbocycles. The largest absolute Gasteiger partial charge is 0.445 e. The molecule has 102 valence electrons. The lowest BCUT2D eigenvalue weighted by Gasteiger charge is -2.40. The molecule has 0 amide bonds. The number of aryl methyl sites for hydroxylation is 1. The molecule has 1 fully saturated rings. The number of aromatic nitrogens is 1. The summed E-state index contributed by atoms with van der Waals surface area (Å²) in [6, 6.07) is 1.12. The van der Waals surface area contributed by atoms with Crippen molar-refractivity contribution in [2.45, 2.75) is 52.7 Å². The zero-order valence-electron chi connectivity index (χ0n) is 11.9. The first kappa shape index (κ1) is 13.6. The van der Waals surface area contributed by atoms with Crippen LogP contribution in [0, 0.1) is 12.8 Å². The van der Waals surface area contributed by atoms with Gasteiger partial charge in [0.2, 0.25) is 5.89 Å². The molecule has 2 rings (SSSR count). The Labute approximate surface area is 110 Å². The van der Waals surface area contributed by atoms with E-state index < -0.39 is 0 Å². The van der Waals surface area contributed by atoms with Gasteiger partial charge in [-0.1, -0.05) is 20.3 Å². The molecule has 0 bridgehead atoms. The molecule has 2 heterocycles. The number of hydrogen-bond acceptors (Lipinski definition) is 4. The summed E-state index contributed by atoms with van der Waals surface area (Å²) in [7, 11) is 0. The van der Waals surface area contributed by atoms with Crippen LogP contribution in [0.1, 0.15) is 38.8 Å². The number of hydrogen-bond donors (Lipinski definition) is 1. The van der Waals surface area contributed by atoms with Crippen LogP contribution in [-0.4, -0.2) is 35.1 Å². The van der Waals surface area contributed by atoms with Crippen LogP contribution in [0.3, 0.4) is 0 Å². The van der Waals surface area contributed by atoms with Crippen LogP contribution < -0.4 is 5.32 Å². The fourth-order valence-electron chi connectivity index (χ4n) is 2.48. The molecular formula is C14H25N3O. The third-order valence-corrected chi connectivity index (χ3v) is 4.07. The smallest absolute Gasteiger partial charge is 0.208 e. The average molecular weight is 251 g/mol. The van der Waals surface area contributed by atoms with Crippen LogP contribution in [0.4, 0.5) is 0 Å². The Hall–Kier alpha value is -0.870. The normalized spacial score (nSPS) is 27.3. The van der Waals surface area contributed by atoms with E-state index in [4.69, 9.17) is 4.42 Å². The lowest BCUT2D eigenvalue weighted by Crippen LogP contribution is -2.56. The third kappa shape index (κ3) is 3.12. The van der Waals surface area contributed by atoms with Crippen molar-refractivity contribution < 1.29 is 4.42 Å². The highest BCUT2D eigenvalue weighted by molar-refractivity contribution is 4.93. The van der Waals surface area contributed by atoms with Gasteiger partial charge in [-0.25, -0.2) is 4.98 Å². The zero-order chi connectivity index (χ0) is 13.1. The van der Waals surface area contributed by atoms with Crippen LogP contribution in [0.25, 0.3) is 0 Å². The van der Waals surface area contributed by atoms with Gasteiger partial charge in [0.05, 0.1) is 12.7 Å². The molecule has 1 saturated heterocycles. The Morgan fingerprint density at radius 3 is 3.00 bits per heavy atom. The fraction of sp³-hybridized carbons (Fsp3) is 0.786. The summed E-state index contributed by atoms with van der Waals surface area (Å²) in [6.07, 6.45) is 3.02. The van der Waals surface area contributed by atoms with E-state index in [-0.39, 0.29) is 0 Å². The van der Waals surface area contributed by atoms with Gasteiger partial charge in [-0.05, 0) is 19.8 Å². The number of piperazine rings is 1. The van der Waals surface area contributed by atoms with Gasteiger partial charge in [0, 0.05) is 25.2 Å². The highest BCUT2D eigenvalue weighted by Gasteiger charge is 2.28. The molecule has 4 nitrogen and oxygen atoms in total. The summed E-state index contributed by atoms with van der Waals surface area (Å²) in [4.78, 5) is 6.78. The molecule has 18 heavy (non-hydrogen) atoms. The molecule has 0 aromatic carbocycles. The Bertz CT molecular complexity index is 377. The van der Waals surface area contributed by atoms with Crippen LogP contribution >= 0.6 is 0 Å². The van der Waals surface area contributed by atoms with Gasteiger partial charge in [0.1, 0.15) is 5.76 Å². The first-order valence-corrected chi connectivity index (χ1v) is 6.99. The highest BCUT2D eigenvalue weighted by Crippen LogP contribution is 2.17. The van der Waals surface area contributed by atoms with Gasteiger partial charge in [-0.15, -0.1) is 0 Å². The fourth-order valence-corrected chi connectivity index (χ4v) is 2.48. The summed E-state index contributed by atoms with van der Waals surface area (Å²) in [6.45, 7) is 11.7. The van der Waals surface area contributed by atoms with Gasteiger partial charge in [-0.3, -0.25) is 4.90 Å². The summed E-state index contributed by atoms with van der Waals surface area (Å²) in [5, 5.41) is 3.65. The molecule has 1 aromatic rings. The van der Waals surface area contributed by atoms with Gasteiger partial charge < -0.3 is 9.73 Å². The third-order valence-electron chi connectivity index (χ3n) is 4.07. The molecule has 0 radical (unpaired) electrons. The number of nitrogens with one attached hydrogen (secondary N) is 1. The van der Waals surface area contributed by atoms with Crippen molar-refractivity contribution in [2.24, 2.45) is 5.92 Å². The topological polar surface area (TPSA) is 41.3 Å². The van der Waals surface area contributed by atoms with E-state index in [1.165, 1.54) is 6.42 Å². The van der Waals surface area contributed by atoms with E-state index >= 15 is 0 Å². The maximum absolute atomic E-state index is 5.58. The second-order valence-electron chi connectivity index (χ2n) is 5.54. The molecule has 4 heteroatoms. The van der Waals surface area contributed by atoms with Crippen molar-refractivity contribution in [3.05, 3.63) is 17.8 Å². The number of oxazole rings is 1. The Kier molecular flexibility index (Phi) is 4.40. The maximum Gasteiger partial charge on any atom is 0.208 e. The van der Waals surface area contributed by atoms with Crippen LogP contribution in [0.5, 0.6) is 0 Å². The Balaban J connectivity index is 1.97. The van der Waals surface area contributed by atoms with Crippen molar-refractivity contribution in [1.29, 1.82) is 0 Å². The van der Waals surface area contributed by atoms with E-state index in [0.717, 1.165) is 31.3 Å². The molecule has 0 aliphatic carbocycles. The van der Waals surface area contributed by atoms with Gasteiger partial charge in [0.25, 0.3) is 0 Å². The quantitative estimate of drug-likeness (QED) is 0.890. The van der Waals surface area contributed by atoms with E-state index in [1.54, 1.807) is 6.20 Å². The lowest BCUT2D eigenvalue weighted by atomic mass is 9.96. The Morgan fingerprint density at radius 1 is 1.61 bits per heavy atom. The number of rotatable bonds is 4. The van der Waals surface area contributed by atoms with Crippen molar-refractivity contribution in [2.75, 3.05) is 13.1 Å². The predicted molar refractivity (Wildman–Crippen MR) is 72.4 cm³/mol. The second-order valence-corrected chi connectivity index (χ2v) is 5.54. The molecule has 3 atom stereocenters. The SMILES string of the molecule is CCC(C)C1CN(Cc2ncc(C)o2)C(C)CN1. The van der Waals surface area contributed by atoms with Gasteiger partial charge >= 0.3 is 0 Å². The van der Waals surface area contributed by atoms with Crippen molar-refractivity contribution in [3.63, 3.8) is 0 Å².